The lowest BCUT2D eigenvalue weighted by molar-refractivity contribution is -0.386. The average Bonchev–Trinajstić information content (AvgIpc) is 3.42. The maximum atomic E-state index is 13.1. The Labute approximate surface area is 261 Å². The smallest absolute Gasteiger partial charge is 0.419 e. The Hall–Kier alpha value is -3.61. The molecule has 1 spiro atoms. The van der Waals surface area contributed by atoms with Gasteiger partial charge in [0, 0.05) is 59.9 Å². The Morgan fingerprint density at radius 2 is 1.89 bits per heavy atom. The summed E-state index contributed by atoms with van der Waals surface area (Å²) >= 11 is 1.71. The van der Waals surface area contributed by atoms with Gasteiger partial charge in [-0.2, -0.15) is 0 Å². The van der Waals surface area contributed by atoms with E-state index in [1.807, 2.05) is 39.8 Å². The molecule has 2 aromatic carbocycles. The first-order valence-corrected chi connectivity index (χ1v) is 15.8. The first-order chi connectivity index (χ1) is 20.8. The number of likely N-dealkylation sites (tertiary alicyclic amines) is 1. The van der Waals surface area contributed by atoms with Gasteiger partial charge in [-0.3, -0.25) is 19.6 Å². The molecule has 5 rings (SSSR count). The number of fused-ring (bicyclic) bond motifs is 1. The van der Waals surface area contributed by atoms with Crippen molar-refractivity contribution in [2.24, 2.45) is 5.41 Å². The van der Waals surface area contributed by atoms with Crippen LogP contribution in [-0.4, -0.2) is 76.5 Å². The molecule has 11 nitrogen and oxygen atoms in total. The molecule has 12 heteroatoms. The Morgan fingerprint density at radius 3 is 2.50 bits per heavy atom. The van der Waals surface area contributed by atoms with Crippen molar-refractivity contribution in [1.82, 2.24) is 13.8 Å². The molecule has 0 amide bonds. The van der Waals surface area contributed by atoms with Crippen LogP contribution in [-0.2, 0) is 16.0 Å². The van der Waals surface area contributed by atoms with Gasteiger partial charge in [0.1, 0.15) is 11.4 Å². The number of piperidine rings is 1. The summed E-state index contributed by atoms with van der Waals surface area (Å²) in [7, 11) is 2.88. The molecule has 2 aliphatic rings. The van der Waals surface area contributed by atoms with E-state index in [-0.39, 0.29) is 22.7 Å². The van der Waals surface area contributed by atoms with Gasteiger partial charge in [0.05, 0.1) is 30.2 Å². The van der Waals surface area contributed by atoms with Gasteiger partial charge in [-0.15, -0.1) is 0 Å². The number of ether oxygens (including phenoxy) is 3. The van der Waals surface area contributed by atoms with Crippen LogP contribution in [0.15, 0.2) is 36.5 Å². The fourth-order valence-corrected chi connectivity index (χ4v) is 7.40. The highest BCUT2D eigenvalue weighted by atomic mass is 32.2. The molecule has 0 bridgehead atoms. The fourth-order valence-electron chi connectivity index (χ4n) is 6.60. The third kappa shape index (κ3) is 6.02. The Morgan fingerprint density at radius 1 is 1.16 bits per heavy atom. The van der Waals surface area contributed by atoms with Gasteiger partial charge in [-0.05, 0) is 83.2 Å². The quantitative estimate of drug-likeness (QED) is 0.127. The molecule has 236 valence electrons. The minimum absolute atomic E-state index is 0.0474. The number of hydrogen-bond donors (Lipinski definition) is 0. The minimum atomic E-state index is -0.653. The van der Waals surface area contributed by atoms with Crippen LogP contribution >= 0.6 is 11.9 Å². The zero-order chi connectivity index (χ0) is 32.0. The first kappa shape index (κ1) is 31.8. The number of carbonyl (C=O) groups excluding carboxylic acids is 2. The van der Waals surface area contributed by atoms with E-state index in [9.17, 15) is 19.7 Å². The summed E-state index contributed by atoms with van der Waals surface area (Å²) in [5, 5.41) is 13.2. The summed E-state index contributed by atoms with van der Waals surface area (Å²) in [6.07, 6.45) is 5.01. The lowest BCUT2D eigenvalue weighted by Gasteiger charge is -2.55. The third-order valence-corrected chi connectivity index (χ3v) is 9.46. The Balaban J connectivity index is 1.58. The molecular weight excluding hydrogens is 584 g/mol. The molecule has 1 aromatic heterocycles. The highest BCUT2D eigenvalue weighted by Crippen LogP contribution is 2.51. The van der Waals surface area contributed by atoms with Crippen LogP contribution in [0.3, 0.4) is 0 Å². The van der Waals surface area contributed by atoms with Crippen LogP contribution in [0.4, 0.5) is 10.5 Å². The van der Waals surface area contributed by atoms with Crippen molar-refractivity contribution in [3.05, 3.63) is 68.9 Å². The van der Waals surface area contributed by atoms with Crippen molar-refractivity contribution in [3.63, 3.8) is 0 Å². The number of nitrogens with zero attached hydrogens (tertiary/aromatic N) is 4. The van der Waals surface area contributed by atoms with E-state index < -0.39 is 22.6 Å². The topological polar surface area (TPSA) is 116 Å². The summed E-state index contributed by atoms with van der Waals surface area (Å²) in [5.41, 5.74) is 2.50. The number of benzene rings is 2. The lowest BCUT2D eigenvalue weighted by atomic mass is 9.69. The van der Waals surface area contributed by atoms with Crippen molar-refractivity contribution >= 4 is 40.6 Å². The largest absolute Gasteiger partial charge is 0.496 e. The van der Waals surface area contributed by atoms with Crippen LogP contribution in [0, 0.1) is 22.5 Å². The molecular formula is C32H40N4O7S. The van der Waals surface area contributed by atoms with Crippen LogP contribution in [0.5, 0.6) is 5.75 Å². The monoisotopic (exact) mass is 624 g/mol. The van der Waals surface area contributed by atoms with Crippen LogP contribution < -0.4 is 4.74 Å². The maximum Gasteiger partial charge on any atom is 0.419 e. The van der Waals surface area contributed by atoms with Gasteiger partial charge < -0.3 is 14.2 Å². The summed E-state index contributed by atoms with van der Waals surface area (Å²) in [6.45, 7) is 10.4. The second-order valence-electron chi connectivity index (χ2n) is 12.7. The van der Waals surface area contributed by atoms with Crippen LogP contribution in [0.25, 0.3) is 10.9 Å². The summed E-state index contributed by atoms with van der Waals surface area (Å²) in [4.78, 5) is 39.6. The molecule has 2 saturated heterocycles. The fraction of sp³-hybridized carbons (Fsp3) is 0.500. The van der Waals surface area contributed by atoms with Crippen molar-refractivity contribution in [1.29, 1.82) is 0 Å². The van der Waals surface area contributed by atoms with Crippen LogP contribution in [0.1, 0.15) is 66.7 Å². The molecule has 0 N–H and O–H groups in total. The molecule has 1 unspecified atom stereocenters. The van der Waals surface area contributed by atoms with E-state index in [0.717, 1.165) is 48.0 Å². The number of nitro benzene ring substituents is 1. The second kappa shape index (κ2) is 12.1. The van der Waals surface area contributed by atoms with Gasteiger partial charge in [-0.25, -0.2) is 13.9 Å². The van der Waals surface area contributed by atoms with Crippen LogP contribution in [0.2, 0.25) is 0 Å². The van der Waals surface area contributed by atoms with Crippen molar-refractivity contribution in [3.8, 4) is 5.75 Å². The molecule has 0 aliphatic carbocycles. The standard InChI is InChI=1S/C32H40N4O7S/c1-20-14-27(41-5)24(22-10-12-35(28(20)22)30(38)43-31(2,3)4)17-33-13-11-32(18-34(19-32)44-7)16-26(33)23-9-8-21(29(37)42-6)15-25(23)36(39)40/h8-10,12,14-15,26H,11,13,16-19H2,1-7H3. The zero-order valence-corrected chi connectivity index (χ0v) is 27.2. The number of methoxy groups -OCH3 is 2. The molecule has 0 saturated carbocycles. The molecule has 44 heavy (non-hydrogen) atoms. The van der Waals surface area contributed by atoms with Crippen molar-refractivity contribution < 1.29 is 28.7 Å². The van der Waals surface area contributed by atoms with E-state index in [1.165, 1.54) is 17.7 Å². The molecule has 1 atom stereocenters. The molecule has 3 heterocycles. The Bertz CT molecular complexity index is 1610. The van der Waals surface area contributed by atoms with E-state index in [1.54, 1.807) is 37.4 Å². The summed E-state index contributed by atoms with van der Waals surface area (Å²) < 4.78 is 20.2. The van der Waals surface area contributed by atoms with Gasteiger partial charge >= 0.3 is 12.1 Å². The van der Waals surface area contributed by atoms with Crippen molar-refractivity contribution in [2.45, 2.75) is 58.7 Å². The minimum Gasteiger partial charge on any atom is -0.496 e. The lowest BCUT2D eigenvalue weighted by Crippen LogP contribution is -2.58. The number of rotatable bonds is 7. The number of nitro groups is 1. The van der Waals surface area contributed by atoms with E-state index in [2.05, 4.69) is 15.5 Å². The highest BCUT2D eigenvalue weighted by Gasteiger charge is 2.49. The second-order valence-corrected chi connectivity index (χ2v) is 13.6. The molecule has 3 aromatic rings. The van der Waals surface area contributed by atoms with Gasteiger partial charge in [-0.1, -0.05) is 11.9 Å². The zero-order valence-electron chi connectivity index (χ0n) is 26.3. The van der Waals surface area contributed by atoms with E-state index >= 15 is 0 Å². The summed E-state index contributed by atoms with van der Waals surface area (Å²) in [6, 6.07) is 8.17. The maximum absolute atomic E-state index is 13.1. The molecule has 2 fully saturated rings. The predicted octanol–water partition coefficient (Wildman–Crippen LogP) is 6.35. The molecule has 0 radical (unpaired) electrons. The number of aryl methyl sites for hydroxylation is 1. The van der Waals surface area contributed by atoms with Gasteiger partial charge in [0.2, 0.25) is 0 Å². The number of esters is 1. The number of carbonyl (C=O) groups is 2. The van der Waals surface area contributed by atoms with Gasteiger partial charge in [0.15, 0.2) is 0 Å². The van der Waals surface area contributed by atoms with E-state index in [4.69, 9.17) is 14.2 Å². The van der Waals surface area contributed by atoms with Crippen molar-refractivity contribution in [2.75, 3.05) is 40.1 Å². The van der Waals surface area contributed by atoms with Gasteiger partial charge in [0.25, 0.3) is 5.69 Å². The third-order valence-electron chi connectivity index (χ3n) is 8.69. The molecule has 2 aliphatic heterocycles. The number of hydrogen-bond acceptors (Lipinski definition) is 10. The SMILES string of the molecule is COC(=O)c1ccc(C2CC3(CCN2Cc2c(OC)cc(C)c4c2ccn4C(=O)OC(C)(C)C)CN(SC)C3)c([N+](=O)[O-])c1. The summed E-state index contributed by atoms with van der Waals surface area (Å²) in [5.74, 6) is 0.0659. The highest BCUT2D eigenvalue weighted by molar-refractivity contribution is 7.96. The normalized spacial score (nSPS) is 18.7. The number of aromatic nitrogens is 1. The Kier molecular flexibility index (Phi) is 8.71. The average molecular weight is 625 g/mol. The predicted molar refractivity (Wildman–Crippen MR) is 169 cm³/mol. The first-order valence-electron chi connectivity index (χ1n) is 14.6. The van der Waals surface area contributed by atoms with E-state index in [0.29, 0.717) is 24.4 Å².